The maximum absolute atomic E-state index is 9.30. The van der Waals surface area contributed by atoms with Gasteiger partial charge in [-0.15, -0.1) is 0 Å². The molecule has 1 aliphatic carbocycles. The molecule has 0 heterocycles. The van der Waals surface area contributed by atoms with E-state index in [4.69, 9.17) is 0 Å². The smallest absolute Gasteiger partial charge is 0.272 e. The summed E-state index contributed by atoms with van der Waals surface area (Å²) in [5, 5.41) is 0.188. The second-order valence-electron chi connectivity index (χ2n) is 6.88. The molecule has 16 heavy (non-hydrogen) atoms. The lowest BCUT2D eigenvalue weighted by Crippen LogP contribution is -2.47. The van der Waals surface area contributed by atoms with Gasteiger partial charge in [0.15, 0.2) is 0 Å². The molecule has 0 aromatic carbocycles. The van der Waals surface area contributed by atoms with E-state index in [0.717, 1.165) is 12.1 Å². The van der Waals surface area contributed by atoms with Gasteiger partial charge in [-0.1, -0.05) is 40.4 Å². The van der Waals surface area contributed by atoms with Gasteiger partial charge in [0.2, 0.25) is 0 Å². The summed E-state index contributed by atoms with van der Waals surface area (Å²) in [7, 11) is -1.32. The van der Waals surface area contributed by atoms with Gasteiger partial charge in [-0.3, -0.25) is 0 Å². The first-order valence-electron chi connectivity index (χ1n) is 6.44. The van der Waals surface area contributed by atoms with Crippen LogP contribution in [-0.4, -0.2) is 18.6 Å². The lowest BCUT2D eigenvalue weighted by Gasteiger charge is -2.42. The van der Waals surface area contributed by atoms with Crippen LogP contribution in [0.2, 0.25) is 24.7 Å². The number of rotatable bonds is 2. The second kappa shape index (κ2) is 4.46. The third-order valence-electron chi connectivity index (χ3n) is 4.83. The van der Waals surface area contributed by atoms with Crippen LogP contribution in [0.3, 0.4) is 0 Å². The van der Waals surface area contributed by atoms with Gasteiger partial charge in [0.05, 0.1) is 13.1 Å². The highest BCUT2D eigenvalue weighted by Gasteiger charge is 2.51. The van der Waals surface area contributed by atoms with Crippen LogP contribution in [0.5, 0.6) is 0 Å². The van der Waals surface area contributed by atoms with E-state index < -0.39 is 8.07 Å². The Bertz CT molecular complexity index is 310. The lowest BCUT2D eigenvalue weighted by molar-refractivity contribution is -0.0206. The Hall–Kier alpha value is -0.403. The molecule has 0 saturated heterocycles. The molecule has 0 bridgehead atoms. The summed E-state index contributed by atoms with van der Waals surface area (Å²) in [5.41, 5.74) is 10.4. The zero-order chi connectivity index (χ0) is 12.6. The minimum atomic E-state index is -1.32. The minimum Gasteiger partial charge on any atom is -0.362 e. The molecular formula is C13H26N2Si. The van der Waals surface area contributed by atoms with Crippen LogP contribution in [0.25, 0.3) is 5.53 Å². The fourth-order valence-electron chi connectivity index (χ4n) is 2.72. The molecule has 1 saturated carbocycles. The summed E-state index contributed by atoms with van der Waals surface area (Å²) >= 11 is 0. The average molecular weight is 238 g/mol. The van der Waals surface area contributed by atoms with Crippen LogP contribution in [-0.2, 0) is 0 Å². The van der Waals surface area contributed by atoms with Crippen molar-refractivity contribution in [1.82, 2.24) is 0 Å². The summed E-state index contributed by atoms with van der Waals surface area (Å²) in [6.07, 6.45) is 3.48. The van der Waals surface area contributed by atoms with Crippen LogP contribution in [0.15, 0.2) is 0 Å². The van der Waals surface area contributed by atoms with Crippen LogP contribution in [0, 0.1) is 11.8 Å². The molecule has 0 aromatic rings. The first-order chi connectivity index (χ1) is 7.22. The van der Waals surface area contributed by atoms with E-state index in [9.17, 15) is 5.53 Å². The topological polar surface area (TPSA) is 36.4 Å². The van der Waals surface area contributed by atoms with E-state index >= 15 is 0 Å². The van der Waals surface area contributed by atoms with Crippen molar-refractivity contribution in [3.05, 3.63) is 5.53 Å². The molecule has 0 spiro atoms. The Labute approximate surface area is 101 Å². The van der Waals surface area contributed by atoms with Crippen molar-refractivity contribution in [2.24, 2.45) is 11.8 Å². The van der Waals surface area contributed by atoms with Crippen molar-refractivity contribution < 1.29 is 4.79 Å². The van der Waals surface area contributed by atoms with Crippen molar-refractivity contribution in [3.8, 4) is 0 Å². The van der Waals surface area contributed by atoms with Gasteiger partial charge >= 0.3 is 0 Å². The zero-order valence-electron chi connectivity index (χ0n) is 11.7. The maximum atomic E-state index is 9.30. The Morgan fingerprint density at radius 2 is 1.94 bits per heavy atom. The van der Waals surface area contributed by atoms with Crippen LogP contribution >= 0.6 is 0 Å². The van der Waals surface area contributed by atoms with E-state index in [1.807, 2.05) is 0 Å². The Morgan fingerprint density at radius 1 is 1.38 bits per heavy atom. The van der Waals surface area contributed by atoms with Gasteiger partial charge in [-0.05, 0) is 24.7 Å². The highest BCUT2D eigenvalue weighted by atomic mass is 28.3. The van der Waals surface area contributed by atoms with E-state index in [1.165, 1.54) is 12.8 Å². The molecule has 0 aliphatic heterocycles. The van der Waals surface area contributed by atoms with Crippen LogP contribution < -0.4 is 0 Å². The predicted molar refractivity (Wildman–Crippen MR) is 72.5 cm³/mol. The summed E-state index contributed by atoms with van der Waals surface area (Å²) in [4.78, 5) is 3.65. The third-order valence-corrected chi connectivity index (χ3v) is 8.68. The summed E-state index contributed by atoms with van der Waals surface area (Å²) < 4.78 is 0. The van der Waals surface area contributed by atoms with Crippen molar-refractivity contribution in [1.29, 1.82) is 0 Å². The largest absolute Gasteiger partial charge is 0.362 e. The number of hydrogen-bond donors (Lipinski definition) is 0. The standard InChI is InChI=1S/C13H26N2Si/c1-10(2)11-7-8-13(3,16(4,5)6)12(9-11)15-14/h10-11H,7-9H2,1-6H3. The third kappa shape index (κ3) is 2.30. The summed E-state index contributed by atoms with van der Waals surface area (Å²) in [6, 6.07) is 0. The first-order valence-corrected chi connectivity index (χ1v) is 9.94. The van der Waals surface area contributed by atoms with Crippen molar-refractivity contribution in [3.63, 3.8) is 0 Å². The molecule has 1 aliphatic rings. The molecule has 2 nitrogen and oxygen atoms in total. The van der Waals surface area contributed by atoms with Crippen LogP contribution in [0.1, 0.15) is 40.0 Å². The molecule has 0 N–H and O–H groups in total. The Morgan fingerprint density at radius 3 is 2.31 bits per heavy atom. The molecule has 92 valence electrons. The number of hydrogen-bond acceptors (Lipinski definition) is 0. The van der Waals surface area contributed by atoms with Gasteiger partial charge in [0, 0.05) is 6.42 Å². The van der Waals surface area contributed by atoms with E-state index in [1.54, 1.807) is 0 Å². The molecule has 0 aromatic heterocycles. The predicted octanol–water partition coefficient (Wildman–Crippen LogP) is 4.21. The highest BCUT2D eigenvalue weighted by Crippen LogP contribution is 2.50. The molecule has 2 unspecified atom stereocenters. The monoisotopic (exact) mass is 238 g/mol. The van der Waals surface area contributed by atoms with E-state index in [0.29, 0.717) is 11.8 Å². The molecular weight excluding hydrogens is 212 g/mol. The SMILES string of the molecule is CC(C)C1CCC(C)([Si](C)(C)C)C(=[N+]=[N-])C1. The quantitative estimate of drug-likeness (QED) is 0.392. The first kappa shape index (κ1) is 13.7. The van der Waals surface area contributed by atoms with E-state index in [-0.39, 0.29) is 5.04 Å². The van der Waals surface area contributed by atoms with Gasteiger partial charge in [-0.2, -0.15) is 4.79 Å². The molecule has 0 radical (unpaired) electrons. The van der Waals surface area contributed by atoms with Crippen molar-refractivity contribution in [2.75, 3.05) is 0 Å². The molecule has 0 amide bonds. The molecule has 1 fully saturated rings. The lowest BCUT2D eigenvalue weighted by atomic mass is 9.76. The summed E-state index contributed by atoms with van der Waals surface area (Å²) in [6.45, 7) is 14.0. The normalized spacial score (nSPS) is 31.7. The maximum Gasteiger partial charge on any atom is 0.272 e. The highest BCUT2D eigenvalue weighted by molar-refractivity contribution is 6.82. The number of nitrogens with zero attached hydrogens (tertiary/aromatic N) is 2. The fourth-order valence-corrected chi connectivity index (χ4v) is 4.63. The fraction of sp³-hybridized carbons (Fsp3) is 0.923. The van der Waals surface area contributed by atoms with Crippen molar-refractivity contribution >= 4 is 13.8 Å². The Kier molecular flexibility index (Phi) is 3.81. The second-order valence-corrected chi connectivity index (χ2v) is 12.5. The Balaban J connectivity index is 2.99. The van der Waals surface area contributed by atoms with E-state index in [2.05, 4.69) is 45.2 Å². The average Bonchev–Trinajstić information content (AvgIpc) is 2.16. The molecule has 1 rings (SSSR count). The minimum absolute atomic E-state index is 0.188. The van der Waals surface area contributed by atoms with Gasteiger partial charge in [0.1, 0.15) is 0 Å². The molecule has 3 heteroatoms. The van der Waals surface area contributed by atoms with Gasteiger partial charge in [0.25, 0.3) is 5.71 Å². The van der Waals surface area contributed by atoms with Gasteiger partial charge in [-0.25, -0.2) is 0 Å². The molecule has 2 atom stereocenters. The summed E-state index contributed by atoms with van der Waals surface area (Å²) in [5.74, 6) is 1.40. The zero-order valence-corrected chi connectivity index (χ0v) is 12.7. The van der Waals surface area contributed by atoms with Crippen molar-refractivity contribution in [2.45, 2.75) is 64.7 Å². The van der Waals surface area contributed by atoms with Crippen LogP contribution in [0.4, 0.5) is 0 Å². The van der Waals surface area contributed by atoms with Gasteiger partial charge < -0.3 is 5.53 Å².